The molecule has 2 aromatic heterocycles. The van der Waals surface area contributed by atoms with Gasteiger partial charge in [-0.15, -0.1) is 0 Å². The van der Waals surface area contributed by atoms with Gasteiger partial charge in [0, 0.05) is 31.4 Å². The Morgan fingerprint density at radius 1 is 1.08 bits per heavy atom. The van der Waals surface area contributed by atoms with E-state index in [2.05, 4.69) is 18.0 Å². The third-order valence-corrected chi connectivity index (χ3v) is 9.85. The smallest absolute Gasteiger partial charge is 0.243 e. The fourth-order valence-corrected chi connectivity index (χ4v) is 7.22. The molecule has 0 aliphatic carbocycles. The Bertz CT molecular complexity index is 1490. The fraction of sp³-hybridized carbons (Fsp3) is 0.321. The summed E-state index contributed by atoms with van der Waals surface area (Å²) in [6.45, 7) is 5.03. The lowest BCUT2D eigenvalue weighted by Crippen LogP contribution is -2.44. The predicted octanol–water partition coefficient (Wildman–Crippen LogP) is 5.20. The number of hydrogen-bond donors (Lipinski definition) is 0. The van der Waals surface area contributed by atoms with Crippen LogP contribution in [0.1, 0.15) is 36.5 Å². The molecule has 1 aliphatic rings. The summed E-state index contributed by atoms with van der Waals surface area (Å²) < 4.78 is 28.8. The Morgan fingerprint density at radius 2 is 1.84 bits per heavy atom. The molecule has 1 aliphatic heterocycles. The summed E-state index contributed by atoms with van der Waals surface area (Å²) in [5.41, 5.74) is 4.03. The molecular weight excluding hydrogens is 504 g/mol. The van der Waals surface area contributed by atoms with Gasteiger partial charge >= 0.3 is 0 Å². The summed E-state index contributed by atoms with van der Waals surface area (Å²) in [7, 11) is -3.58. The van der Waals surface area contributed by atoms with Crippen LogP contribution in [0.25, 0.3) is 10.2 Å². The topological polar surface area (TPSA) is 83.5 Å². The lowest BCUT2D eigenvalue weighted by atomic mass is 9.96. The van der Waals surface area contributed by atoms with Crippen LogP contribution in [0.5, 0.6) is 0 Å². The minimum absolute atomic E-state index is 0.0201. The Morgan fingerprint density at radius 3 is 2.51 bits per heavy atom. The predicted molar refractivity (Wildman–Crippen MR) is 147 cm³/mol. The van der Waals surface area contributed by atoms with E-state index in [0.29, 0.717) is 42.5 Å². The van der Waals surface area contributed by atoms with Crippen LogP contribution >= 0.6 is 11.3 Å². The Balaban J connectivity index is 1.38. The second kappa shape index (κ2) is 10.7. The molecule has 0 saturated carbocycles. The maximum absolute atomic E-state index is 13.9. The molecule has 0 unspecified atom stereocenters. The van der Waals surface area contributed by atoms with E-state index in [4.69, 9.17) is 4.98 Å². The molecule has 0 atom stereocenters. The highest BCUT2D eigenvalue weighted by molar-refractivity contribution is 7.89. The van der Waals surface area contributed by atoms with E-state index in [-0.39, 0.29) is 11.8 Å². The fourth-order valence-electron chi connectivity index (χ4n) is 4.73. The van der Waals surface area contributed by atoms with Crippen molar-refractivity contribution in [2.45, 2.75) is 44.6 Å². The number of aromatic nitrogens is 2. The number of rotatable bonds is 7. The number of aryl methyl sites for hydroxylation is 2. The first-order valence-corrected chi connectivity index (χ1v) is 14.8. The molecule has 7 nitrogen and oxygen atoms in total. The van der Waals surface area contributed by atoms with Gasteiger partial charge in [0.15, 0.2) is 5.13 Å². The van der Waals surface area contributed by atoms with Crippen LogP contribution in [0.4, 0.5) is 5.13 Å². The monoisotopic (exact) mass is 534 g/mol. The molecule has 0 radical (unpaired) electrons. The van der Waals surface area contributed by atoms with Crippen LogP contribution in [-0.4, -0.2) is 41.7 Å². The van der Waals surface area contributed by atoms with E-state index < -0.39 is 10.0 Å². The van der Waals surface area contributed by atoms with Gasteiger partial charge in [-0.2, -0.15) is 4.31 Å². The van der Waals surface area contributed by atoms with Crippen molar-refractivity contribution in [1.82, 2.24) is 14.3 Å². The number of piperidine rings is 1. The Hall–Kier alpha value is -3.14. The first-order valence-electron chi connectivity index (χ1n) is 12.5. The first-order chi connectivity index (χ1) is 17.9. The van der Waals surface area contributed by atoms with E-state index >= 15 is 0 Å². The summed E-state index contributed by atoms with van der Waals surface area (Å²) in [5, 5.41) is 0.666. The number of amides is 1. The number of anilines is 1. The zero-order chi connectivity index (χ0) is 26.0. The lowest BCUT2D eigenvalue weighted by molar-refractivity contribution is -0.123. The summed E-state index contributed by atoms with van der Waals surface area (Å²) >= 11 is 1.52. The van der Waals surface area contributed by atoms with Gasteiger partial charge in [-0.3, -0.25) is 14.7 Å². The van der Waals surface area contributed by atoms with E-state index in [1.54, 1.807) is 41.6 Å². The minimum Gasteiger partial charge on any atom is -0.283 e. The molecular formula is C28H30N4O3S2. The molecule has 2 aromatic carbocycles. The molecule has 1 saturated heterocycles. The molecule has 37 heavy (non-hydrogen) atoms. The highest BCUT2D eigenvalue weighted by atomic mass is 32.2. The van der Waals surface area contributed by atoms with Crippen LogP contribution < -0.4 is 4.90 Å². The summed E-state index contributed by atoms with van der Waals surface area (Å²) in [6.07, 6.45) is 5.29. The number of benzene rings is 2. The highest BCUT2D eigenvalue weighted by Gasteiger charge is 2.35. The van der Waals surface area contributed by atoms with E-state index in [9.17, 15) is 13.2 Å². The number of carbonyl (C=O) groups is 1. The zero-order valence-corrected chi connectivity index (χ0v) is 22.6. The Labute approximate surface area is 221 Å². The molecule has 4 aromatic rings. The van der Waals surface area contributed by atoms with Crippen molar-refractivity contribution in [3.63, 3.8) is 0 Å². The molecule has 9 heteroatoms. The molecule has 5 rings (SSSR count). The second-order valence-corrected chi connectivity index (χ2v) is 12.3. The van der Waals surface area contributed by atoms with Gasteiger partial charge in [0.05, 0.1) is 21.7 Å². The normalized spacial score (nSPS) is 15.2. The average Bonchev–Trinajstić information content (AvgIpc) is 3.36. The maximum Gasteiger partial charge on any atom is 0.243 e. The largest absolute Gasteiger partial charge is 0.283 e. The summed E-state index contributed by atoms with van der Waals surface area (Å²) in [5.74, 6) is -0.299. The van der Waals surface area contributed by atoms with E-state index in [0.717, 1.165) is 33.3 Å². The van der Waals surface area contributed by atoms with Gasteiger partial charge in [0.25, 0.3) is 0 Å². The number of sulfonamides is 1. The number of thiazole rings is 1. The van der Waals surface area contributed by atoms with Crippen LogP contribution in [-0.2, 0) is 27.8 Å². The second-order valence-electron chi connectivity index (χ2n) is 9.39. The third kappa shape index (κ3) is 5.30. The zero-order valence-electron chi connectivity index (χ0n) is 21.0. The molecule has 0 spiro atoms. The van der Waals surface area contributed by atoms with Crippen molar-refractivity contribution in [2.75, 3.05) is 18.0 Å². The number of pyridine rings is 1. The number of hydrogen-bond acceptors (Lipinski definition) is 6. The third-order valence-electron chi connectivity index (χ3n) is 6.89. The van der Waals surface area contributed by atoms with Crippen molar-refractivity contribution < 1.29 is 13.2 Å². The van der Waals surface area contributed by atoms with Crippen molar-refractivity contribution in [2.24, 2.45) is 5.92 Å². The standard InChI is InChI=1S/C28H30N4O3S2/c1-3-22-7-4-8-25-26(22)30-28(36-25)32(19-21-6-5-15-29-18-21)27(33)23-13-16-31(17-14-23)37(34,35)24-11-9-20(2)10-12-24/h4-12,15,18,23H,3,13-14,16-17,19H2,1-2H3. The van der Waals surface area contributed by atoms with E-state index in [1.807, 2.05) is 31.2 Å². The molecule has 1 fully saturated rings. The van der Waals surface area contributed by atoms with Gasteiger partial charge in [-0.1, -0.05) is 54.2 Å². The average molecular weight is 535 g/mol. The number of carbonyl (C=O) groups excluding carboxylic acids is 1. The SMILES string of the molecule is CCc1cccc2sc(N(Cc3cccnc3)C(=O)C3CCN(S(=O)(=O)c4ccc(C)cc4)CC3)nc12. The quantitative estimate of drug-likeness (QED) is 0.326. The summed E-state index contributed by atoms with van der Waals surface area (Å²) in [4.78, 5) is 25.1. The van der Waals surface area contributed by atoms with Gasteiger partial charge in [0.2, 0.25) is 15.9 Å². The molecule has 192 valence electrons. The summed E-state index contributed by atoms with van der Waals surface area (Å²) in [6, 6.07) is 16.9. The molecule has 0 N–H and O–H groups in total. The van der Waals surface area contributed by atoms with Gasteiger partial charge < -0.3 is 0 Å². The van der Waals surface area contributed by atoms with Gasteiger partial charge in [-0.25, -0.2) is 13.4 Å². The van der Waals surface area contributed by atoms with Crippen LogP contribution in [0.3, 0.4) is 0 Å². The molecule has 3 heterocycles. The number of para-hydroxylation sites is 1. The van der Waals surface area contributed by atoms with E-state index in [1.165, 1.54) is 15.6 Å². The first kappa shape index (κ1) is 25.5. The van der Waals surface area contributed by atoms with Crippen molar-refractivity contribution >= 4 is 42.6 Å². The van der Waals surface area contributed by atoms with Crippen LogP contribution in [0.15, 0.2) is 71.9 Å². The van der Waals surface area contributed by atoms with Gasteiger partial charge in [0.1, 0.15) is 0 Å². The van der Waals surface area contributed by atoms with Gasteiger partial charge in [-0.05, 0) is 61.6 Å². The van der Waals surface area contributed by atoms with Crippen molar-refractivity contribution in [3.8, 4) is 0 Å². The van der Waals surface area contributed by atoms with Crippen LogP contribution in [0, 0.1) is 12.8 Å². The maximum atomic E-state index is 13.9. The van der Waals surface area contributed by atoms with Crippen molar-refractivity contribution in [3.05, 3.63) is 83.7 Å². The molecule has 1 amide bonds. The Kier molecular flexibility index (Phi) is 7.37. The number of fused-ring (bicyclic) bond motifs is 1. The van der Waals surface area contributed by atoms with Crippen molar-refractivity contribution in [1.29, 1.82) is 0 Å². The number of nitrogens with zero attached hydrogens (tertiary/aromatic N) is 4. The molecule has 0 bridgehead atoms. The van der Waals surface area contributed by atoms with Crippen LogP contribution in [0.2, 0.25) is 0 Å². The minimum atomic E-state index is -3.58. The highest BCUT2D eigenvalue weighted by Crippen LogP contribution is 2.34. The lowest BCUT2D eigenvalue weighted by Gasteiger charge is -2.33.